The summed E-state index contributed by atoms with van der Waals surface area (Å²) in [5.41, 5.74) is 0.805. The number of carbonyl (C=O) groups is 2. The van der Waals surface area contributed by atoms with Gasteiger partial charge >= 0.3 is 6.09 Å². The van der Waals surface area contributed by atoms with Gasteiger partial charge in [-0.3, -0.25) is 10.1 Å². The molecule has 9 heteroatoms. The van der Waals surface area contributed by atoms with Gasteiger partial charge in [-0.2, -0.15) is 0 Å². The first-order valence-corrected chi connectivity index (χ1v) is 9.87. The van der Waals surface area contributed by atoms with Crippen LogP contribution in [-0.2, 0) is 4.74 Å². The molecule has 0 saturated heterocycles. The van der Waals surface area contributed by atoms with E-state index in [1.165, 1.54) is 11.3 Å². The number of halogens is 1. The van der Waals surface area contributed by atoms with Gasteiger partial charge in [0.25, 0.3) is 5.91 Å². The molecule has 2 aromatic rings. The molecule has 0 aliphatic rings. The van der Waals surface area contributed by atoms with Crippen molar-refractivity contribution in [1.29, 1.82) is 0 Å². The maximum absolute atomic E-state index is 11.9. The number of ether oxygens (including phenoxy) is 1. The molecule has 0 aliphatic heterocycles. The molecule has 7 nitrogen and oxygen atoms in total. The highest BCUT2D eigenvalue weighted by atomic mass is 35.5. The normalized spacial score (nSPS) is 12.2. The number of rotatable bonds is 7. The second-order valence-electron chi connectivity index (χ2n) is 7.05. The summed E-state index contributed by atoms with van der Waals surface area (Å²) in [6, 6.07) is 10.3. The molecule has 1 heterocycles. The Morgan fingerprint density at radius 2 is 1.75 bits per heavy atom. The lowest BCUT2D eigenvalue weighted by atomic mass is 10.2. The van der Waals surface area contributed by atoms with Crippen molar-refractivity contribution in [3.63, 3.8) is 0 Å². The zero-order valence-electron chi connectivity index (χ0n) is 15.9. The Labute approximate surface area is 173 Å². The summed E-state index contributed by atoms with van der Waals surface area (Å²) in [6.07, 6.45) is -1.29. The third-order valence-electron chi connectivity index (χ3n) is 3.37. The minimum absolute atomic E-state index is 0.111. The molecule has 0 spiro atoms. The van der Waals surface area contributed by atoms with Gasteiger partial charge in [0.05, 0.1) is 15.3 Å². The maximum atomic E-state index is 11.9. The van der Waals surface area contributed by atoms with E-state index in [2.05, 4.69) is 16.0 Å². The molecule has 1 aromatic carbocycles. The van der Waals surface area contributed by atoms with Crippen molar-refractivity contribution in [2.75, 3.05) is 23.7 Å². The Hall–Kier alpha value is -2.29. The minimum atomic E-state index is -0.765. The minimum Gasteiger partial charge on any atom is -0.444 e. The van der Waals surface area contributed by atoms with E-state index in [4.69, 9.17) is 16.3 Å². The molecule has 1 unspecified atom stereocenters. The standard InChI is InChI=1S/C19H24ClN3O4S/c1-19(2,3)27-18(26)23-13-6-4-12(5-7-13)21-10-14(24)11-22-17(25)15-8-9-16(20)28-15/h4-9,14,21,24H,10-11H2,1-3H3,(H,22,25)(H,23,26). The van der Waals surface area contributed by atoms with Gasteiger partial charge in [0, 0.05) is 24.5 Å². The lowest BCUT2D eigenvalue weighted by molar-refractivity contribution is 0.0635. The molecule has 1 aromatic heterocycles. The van der Waals surface area contributed by atoms with E-state index < -0.39 is 17.8 Å². The van der Waals surface area contributed by atoms with Crippen molar-refractivity contribution in [1.82, 2.24) is 5.32 Å². The number of aliphatic hydroxyl groups is 1. The summed E-state index contributed by atoms with van der Waals surface area (Å²) in [7, 11) is 0. The predicted molar refractivity (Wildman–Crippen MR) is 112 cm³/mol. The zero-order valence-corrected chi connectivity index (χ0v) is 17.5. The third-order valence-corrected chi connectivity index (χ3v) is 4.60. The van der Waals surface area contributed by atoms with Crippen LogP contribution in [0.5, 0.6) is 0 Å². The van der Waals surface area contributed by atoms with E-state index in [9.17, 15) is 14.7 Å². The van der Waals surface area contributed by atoms with Crippen molar-refractivity contribution in [3.05, 3.63) is 45.6 Å². The molecule has 1 atom stereocenters. The molecule has 0 bridgehead atoms. The molecular weight excluding hydrogens is 402 g/mol. The van der Waals surface area contributed by atoms with Crippen LogP contribution < -0.4 is 16.0 Å². The Morgan fingerprint density at radius 3 is 2.32 bits per heavy atom. The van der Waals surface area contributed by atoms with Crippen LogP contribution in [0.2, 0.25) is 4.34 Å². The number of aliphatic hydroxyl groups excluding tert-OH is 1. The largest absolute Gasteiger partial charge is 0.444 e. The first kappa shape index (κ1) is 22.0. The number of hydrogen-bond donors (Lipinski definition) is 4. The van der Waals surface area contributed by atoms with Crippen molar-refractivity contribution in [2.24, 2.45) is 0 Å². The second kappa shape index (κ2) is 9.77. The molecule has 0 fully saturated rings. The average Bonchev–Trinajstić information content (AvgIpc) is 3.04. The molecule has 2 amide bonds. The number of amides is 2. The zero-order chi connectivity index (χ0) is 20.7. The number of thiophene rings is 1. The highest BCUT2D eigenvalue weighted by Gasteiger charge is 2.16. The molecule has 0 saturated carbocycles. The van der Waals surface area contributed by atoms with E-state index in [1.807, 2.05) is 0 Å². The van der Waals surface area contributed by atoms with Gasteiger partial charge in [-0.1, -0.05) is 11.6 Å². The smallest absolute Gasteiger partial charge is 0.412 e. The predicted octanol–water partition coefficient (Wildman–Crippen LogP) is 3.95. The highest BCUT2D eigenvalue weighted by Crippen LogP contribution is 2.21. The van der Waals surface area contributed by atoms with Gasteiger partial charge < -0.3 is 20.5 Å². The summed E-state index contributed by atoms with van der Waals surface area (Å²) in [5.74, 6) is -0.270. The fraction of sp³-hybridized carbons (Fsp3) is 0.368. The van der Waals surface area contributed by atoms with Crippen molar-refractivity contribution in [3.8, 4) is 0 Å². The first-order valence-electron chi connectivity index (χ1n) is 8.68. The van der Waals surface area contributed by atoms with Crippen molar-refractivity contribution in [2.45, 2.75) is 32.5 Å². The van der Waals surface area contributed by atoms with Gasteiger partial charge in [-0.05, 0) is 57.2 Å². The molecule has 28 heavy (non-hydrogen) atoms. The van der Waals surface area contributed by atoms with Gasteiger partial charge in [-0.25, -0.2) is 4.79 Å². The van der Waals surface area contributed by atoms with E-state index in [0.717, 1.165) is 5.69 Å². The second-order valence-corrected chi connectivity index (χ2v) is 8.77. The summed E-state index contributed by atoms with van der Waals surface area (Å²) in [5, 5.41) is 18.4. The SMILES string of the molecule is CC(C)(C)OC(=O)Nc1ccc(NCC(O)CNC(=O)c2ccc(Cl)s2)cc1. The Kier molecular flexibility index (Phi) is 7.68. The number of hydrogen-bond acceptors (Lipinski definition) is 6. The molecular formula is C19H24ClN3O4S. The van der Waals surface area contributed by atoms with Crippen LogP contribution in [0.15, 0.2) is 36.4 Å². The van der Waals surface area contributed by atoms with Crippen LogP contribution in [0.4, 0.5) is 16.2 Å². The van der Waals surface area contributed by atoms with Crippen LogP contribution in [0.3, 0.4) is 0 Å². The van der Waals surface area contributed by atoms with Gasteiger partial charge in [0.1, 0.15) is 5.60 Å². The van der Waals surface area contributed by atoms with Crippen LogP contribution in [0.25, 0.3) is 0 Å². The van der Waals surface area contributed by atoms with Crippen LogP contribution >= 0.6 is 22.9 Å². The van der Waals surface area contributed by atoms with E-state index in [-0.39, 0.29) is 19.0 Å². The number of carbonyl (C=O) groups excluding carboxylic acids is 2. The topological polar surface area (TPSA) is 99.7 Å². The quantitative estimate of drug-likeness (QED) is 0.538. The van der Waals surface area contributed by atoms with Crippen LogP contribution in [-0.4, -0.2) is 41.9 Å². The maximum Gasteiger partial charge on any atom is 0.412 e. The molecule has 4 N–H and O–H groups in total. The number of benzene rings is 1. The van der Waals surface area contributed by atoms with Crippen molar-refractivity contribution < 1.29 is 19.4 Å². The lowest BCUT2D eigenvalue weighted by Crippen LogP contribution is -2.35. The summed E-state index contributed by atoms with van der Waals surface area (Å²) < 4.78 is 5.73. The Balaban J connectivity index is 1.73. The summed E-state index contributed by atoms with van der Waals surface area (Å²) >= 11 is 6.98. The lowest BCUT2D eigenvalue weighted by Gasteiger charge is -2.19. The van der Waals surface area contributed by atoms with Crippen LogP contribution in [0.1, 0.15) is 30.4 Å². The van der Waals surface area contributed by atoms with E-state index in [0.29, 0.717) is 14.9 Å². The number of anilines is 2. The molecule has 0 radical (unpaired) electrons. The fourth-order valence-electron chi connectivity index (χ4n) is 2.13. The number of nitrogens with one attached hydrogen (secondary N) is 3. The van der Waals surface area contributed by atoms with Gasteiger partial charge in [0.2, 0.25) is 0 Å². The third kappa shape index (κ3) is 7.75. The fourth-order valence-corrected chi connectivity index (χ4v) is 3.09. The van der Waals surface area contributed by atoms with Crippen LogP contribution in [0, 0.1) is 0 Å². The molecule has 152 valence electrons. The molecule has 2 rings (SSSR count). The van der Waals surface area contributed by atoms with Gasteiger partial charge in [-0.15, -0.1) is 11.3 Å². The Morgan fingerprint density at radius 1 is 1.11 bits per heavy atom. The average molecular weight is 426 g/mol. The summed E-state index contributed by atoms with van der Waals surface area (Å²) in [6.45, 7) is 5.75. The first-order chi connectivity index (χ1) is 13.1. The summed E-state index contributed by atoms with van der Waals surface area (Å²) in [4.78, 5) is 24.1. The molecule has 0 aliphatic carbocycles. The highest BCUT2D eigenvalue weighted by molar-refractivity contribution is 7.17. The van der Waals surface area contributed by atoms with E-state index in [1.54, 1.807) is 57.2 Å². The van der Waals surface area contributed by atoms with Crippen molar-refractivity contribution >= 4 is 46.3 Å². The van der Waals surface area contributed by atoms with Gasteiger partial charge in [0.15, 0.2) is 0 Å². The Bertz CT molecular complexity index is 802. The van der Waals surface area contributed by atoms with E-state index >= 15 is 0 Å². The monoisotopic (exact) mass is 425 g/mol.